The van der Waals surface area contributed by atoms with Crippen LogP contribution in [0.15, 0.2) is 70.2 Å². The molecule has 0 fully saturated rings. The highest BCUT2D eigenvalue weighted by atomic mass is 79.9. The van der Waals surface area contributed by atoms with E-state index in [0.717, 1.165) is 17.7 Å². The molecule has 0 amide bonds. The molecule has 1 N–H and O–H groups in total. The quantitative estimate of drug-likeness (QED) is 0.169. The molecule has 3 aromatic rings. The van der Waals surface area contributed by atoms with Gasteiger partial charge in [-0.25, -0.2) is 4.39 Å². The molecule has 0 atom stereocenters. The Morgan fingerprint density at radius 1 is 1.09 bits per heavy atom. The maximum Gasteiger partial charge on any atom is 0.416 e. The fourth-order valence-corrected chi connectivity index (χ4v) is 3.00. The molecule has 11 heteroatoms. The Morgan fingerprint density at radius 2 is 1.81 bits per heavy atom. The van der Waals surface area contributed by atoms with E-state index in [9.17, 15) is 27.7 Å². The topological polar surface area (TPSA) is 76.8 Å². The smallest absolute Gasteiger partial charge is 0.416 e. The molecule has 0 aliphatic heterocycles. The van der Waals surface area contributed by atoms with Crippen molar-refractivity contribution in [3.63, 3.8) is 0 Å². The third kappa shape index (κ3) is 6.03. The third-order valence-corrected chi connectivity index (χ3v) is 4.68. The van der Waals surface area contributed by atoms with Gasteiger partial charge in [0.25, 0.3) is 5.69 Å². The summed E-state index contributed by atoms with van der Waals surface area (Å²) >= 11 is 3.32. The molecule has 0 aliphatic carbocycles. The number of nitrogens with zero attached hydrogens (tertiary/aromatic N) is 2. The summed E-state index contributed by atoms with van der Waals surface area (Å²) < 4.78 is 57.9. The highest BCUT2D eigenvalue weighted by molar-refractivity contribution is 9.10. The van der Waals surface area contributed by atoms with Crippen molar-refractivity contribution in [1.29, 1.82) is 0 Å². The Labute approximate surface area is 187 Å². The molecule has 0 bridgehead atoms. The molecule has 0 spiro atoms. The van der Waals surface area contributed by atoms with E-state index >= 15 is 0 Å². The predicted molar refractivity (Wildman–Crippen MR) is 114 cm³/mol. The first-order valence-electron chi connectivity index (χ1n) is 8.95. The van der Waals surface area contributed by atoms with E-state index in [0.29, 0.717) is 21.9 Å². The number of hydrazone groups is 1. The van der Waals surface area contributed by atoms with Crippen molar-refractivity contribution >= 4 is 33.5 Å². The van der Waals surface area contributed by atoms with Gasteiger partial charge < -0.3 is 4.74 Å². The first-order chi connectivity index (χ1) is 15.1. The van der Waals surface area contributed by atoms with Crippen molar-refractivity contribution in [1.82, 2.24) is 0 Å². The van der Waals surface area contributed by atoms with Crippen molar-refractivity contribution < 1.29 is 27.2 Å². The van der Waals surface area contributed by atoms with E-state index in [2.05, 4.69) is 26.5 Å². The van der Waals surface area contributed by atoms with Crippen LogP contribution in [-0.2, 0) is 12.8 Å². The van der Waals surface area contributed by atoms with Crippen molar-refractivity contribution in [3.8, 4) is 5.75 Å². The average molecular weight is 512 g/mol. The fourth-order valence-electron chi connectivity index (χ4n) is 2.62. The first-order valence-corrected chi connectivity index (χ1v) is 9.74. The van der Waals surface area contributed by atoms with Crippen LogP contribution in [0.2, 0.25) is 0 Å². The second-order valence-corrected chi connectivity index (χ2v) is 7.37. The number of ether oxygens (including phenoxy) is 1. The van der Waals surface area contributed by atoms with Crippen LogP contribution in [0.3, 0.4) is 0 Å². The van der Waals surface area contributed by atoms with Gasteiger partial charge in [0.2, 0.25) is 0 Å². The Balaban J connectivity index is 1.78. The minimum atomic E-state index is -4.71. The second kappa shape index (κ2) is 9.77. The Morgan fingerprint density at radius 3 is 2.47 bits per heavy atom. The van der Waals surface area contributed by atoms with Crippen molar-refractivity contribution in [2.24, 2.45) is 5.10 Å². The van der Waals surface area contributed by atoms with Crippen molar-refractivity contribution in [3.05, 3.63) is 97.8 Å². The summed E-state index contributed by atoms with van der Waals surface area (Å²) in [4.78, 5) is 10.2. The summed E-state index contributed by atoms with van der Waals surface area (Å²) in [6.45, 7) is 0.153. The number of nitro groups is 1. The van der Waals surface area contributed by atoms with Gasteiger partial charge in [-0.05, 0) is 48.0 Å². The van der Waals surface area contributed by atoms with Crippen LogP contribution in [0, 0.1) is 15.9 Å². The lowest BCUT2D eigenvalue weighted by Crippen LogP contribution is -2.06. The van der Waals surface area contributed by atoms with Crippen molar-refractivity contribution in [2.45, 2.75) is 12.8 Å². The van der Waals surface area contributed by atoms with Crippen LogP contribution in [0.5, 0.6) is 5.75 Å². The maximum absolute atomic E-state index is 13.0. The van der Waals surface area contributed by atoms with Gasteiger partial charge in [0.1, 0.15) is 23.9 Å². The highest BCUT2D eigenvalue weighted by Crippen LogP contribution is 2.35. The molecule has 0 radical (unpaired) electrons. The molecule has 0 aromatic heterocycles. The largest absolute Gasteiger partial charge is 0.488 e. The van der Waals surface area contributed by atoms with Crippen LogP contribution >= 0.6 is 15.9 Å². The van der Waals surface area contributed by atoms with Crippen LogP contribution in [0.25, 0.3) is 0 Å². The molecule has 3 rings (SSSR count). The highest BCUT2D eigenvalue weighted by Gasteiger charge is 2.33. The third-order valence-electron chi connectivity index (χ3n) is 4.19. The van der Waals surface area contributed by atoms with Crippen LogP contribution < -0.4 is 10.2 Å². The van der Waals surface area contributed by atoms with Gasteiger partial charge in [-0.1, -0.05) is 28.1 Å². The zero-order chi connectivity index (χ0) is 23.3. The van der Waals surface area contributed by atoms with Gasteiger partial charge in [-0.2, -0.15) is 18.3 Å². The summed E-state index contributed by atoms with van der Waals surface area (Å²) in [5.74, 6) is 0.0543. The number of nitrogens with one attached hydrogen (secondary N) is 1. The van der Waals surface area contributed by atoms with Gasteiger partial charge in [-0.15, -0.1) is 0 Å². The zero-order valence-corrected chi connectivity index (χ0v) is 17.7. The lowest BCUT2D eigenvalue weighted by molar-refractivity contribution is -0.384. The number of nitro benzene ring substituents is 1. The summed E-state index contributed by atoms with van der Waals surface area (Å²) in [6, 6.07) is 12.9. The lowest BCUT2D eigenvalue weighted by atomic mass is 10.1. The fraction of sp³-hybridized carbons (Fsp3) is 0.0952. The molecule has 0 saturated heterocycles. The Hall–Kier alpha value is -3.47. The van der Waals surface area contributed by atoms with Gasteiger partial charge in [0.15, 0.2) is 0 Å². The van der Waals surface area contributed by atoms with E-state index in [4.69, 9.17) is 4.74 Å². The number of hydrogen-bond acceptors (Lipinski definition) is 5. The van der Waals surface area contributed by atoms with Gasteiger partial charge in [0.05, 0.1) is 16.7 Å². The number of hydrogen-bond donors (Lipinski definition) is 1. The van der Waals surface area contributed by atoms with E-state index in [1.165, 1.54) is 18.3 Å². The zero-order valence-electron chi connectivity index (χ0n) is 16.1. The standard InChI is InChI=1S/C21H14BrF4N3O3/c22-16-4-8-20(32-12-13-1-5-17(23)6-2-13)14(9-16)11-27-28-18-7-3-15(21(24,25)26)10-19(18)29(30)31/h1-11,28H,12H2/b27-11-. The lowest BCUT2D eigenvalue weighted by Gasteiger charge is -2.10. The Bertz CT molecular complexity index is 1150. The van der Waals surface area contributed by atoms with Crippen LogP contribution in [0.4, 0.5) is 28.9 Å². The Kier molecular flexibility index (Phi) is 7.08. The minimum absolute atomic E-state index is 0.153. The molecule has 3 aromatic carbocycles. The summed E-state index contributed by atoms with van der Waals surface area (Å²) in [6.07, 6.45) is -3.40. The molecule has 0 heterocycles. The summed E-state index contributed by atoms with van der Waals surface area (Å²) in [5.41, 5.74) is 1.51. The predicted octanol–water partition coefficient (Wildman–Crippen LogP) is 6.54. The maximum atomic E-state index is 13.0. The number of anilines is 1. The van der Waals surface area contributed by atoms with E-state index in [-0.39, 0.29) is 18.1 Å². The second-order valence-electron chi connectivity index (χ2n) is 6.45. The first kappa shape index (κ1) is 23.2. The molecule has 6 nitrogen and oxygen atoms in total. The number of alkyl halides is 3. The van der Waals surface area contributed by atoms with Crippen molar-refractivity contribution in [2.75, 3.05) is 5.43 Å². The number of halogens is 5. The SMILES string of the molecule is O=[N+]([O-])c1cc(C(F)(F)F)ccc1N/N=C\c1cc(Br)ccc1OCc1ccc(F)cc1. The summed E-state index contributed by atoms with van der Waals surface area (Å²) in [7, 11) is 0. The molecule has 0 saturated carbocycles. The number of rotatable bonds is 7. The molecular weight excluding hydrogens is 498 g/mol. The van der Waals surface area contributed by atoms with Gasteiger partial charge in [0, 0.05) is 16.1 Å². The van der Waals surface area contributed by atoms with Crippen LogP contribution in [0.1, 0.15) is 16.7 Å². The number of benzene rings is 3. The van der Waals surface area contributed by atoms with Gasteiger partial charge in [-0.3, -0.25) is 15.5 Å². The van der Waals surface area contributed by atoms with Gasteiger partial charge >= 0.3 is 6.18 Å². The molecule has 0 unspecified atom stereocenters. The average Bonchev–Trinajstić information content (AvgIpc) is 2.73. The monoisotopic (exact) mass is 511 g/mol. The van der Waals surface area contributed by atoms with E-state index in [1.807, 2.05) is 0 Å². The normalized spacial score (nSPS) is 11.5. The van der Waals surface area contributed by atoms with E-state index in [1.54, 1.807) is 30.3 Å². The molecule has 32 heavy (non-hydrogen) atoms. The molecule has 166 valence electrons. The summed E-state index contributed by atoms with van der Waals surface area (Å²) in [5, 5.41) is 15.1. The molecular formula is C21H14BrF4N3O3. The van der Waals surface area contributed by atoms with E-state index < -0.39 is 22.4 Å². The van der Waals surface area contributed by atoms with Crippen LogP contribution in [-0.4, -0.2) is 11.1 Å². The minimum Gasteiger partial charge on any atom is -0.488 e. The molecule has 0 aliphatic rings.